The van der Waals surface area contributed by atoms with Crippen LogP contribution in [0.2, 0.25) is 0 Å². The van der Waals surface area contributed by atoms with Crippen molar-refractivity contribution in [3.63, 3.8) is 0 Å². The van der Waals surface area contributed by atoms with E-state index in [0.717, 1.165) is 25.0 Å². The van der Waals surface area contributed by atoms with Crippen LogP contribution >= 0.6 is 0 Å². The summed E-state index contributed by atoms with van der Waals surface area (Å²) >= 11 is 0. The maximum absolute atomic E-state index is 15.1. The number of hydrogen-bond acceptors (Lipinski definition) is 6. The first-order valence-electron chi connectivity index (χ1n) is 10.9. The Bertz CT molecular complexity index is 1540. The highest BCUT2D eigenvalue weighted by Crippen LogP contribution is 2.32. The van der Waals surface area contributed by atoms with Gasteiger partial charge in [-0.25, -0.2) is 18.6 Å². The first-order valence-corrected chi connectivity index (χ1v) is 12.4. The number of aliphatic carboxylic acids is 1. The van der Waals surface area contributed by atoms with Gasteiger partial charge < -0.3 is 15.0 Å². The molecule has 4 rings (SSSR count). The fourth-order valence-electron chi connectivity index (χ4n) is 3.60. The number of aryl methyl sites for hydroxylation is 2. The van der Waals surface area contributed by atoms with E-state index in [-0.39, 0.29) is 11.2 Å². The molecule has 0 saturated carbocycles. The van der Waals surface area contributed by atoms with Gasteiger partial charge in [-0.05, 0) is 49.6 Å². The highest BCUT2D eigenvalue weighted by Gasteiger charge is 2.38. The lowest BCUT2D eigenvalue weighted by Crippen LogP contribution is -2.33. The Hall–Kier alpha value is -3.79. The Kier molecular flexibility index (Phi) is 8.26. The number of aromatic nitrogens is 2. The molecule has 0 radical (unpaired) electrons. The summed E-state index contributed by atoms with van der Waals surface area (Å²) in [6.07, 6.45) is -2.23. The molecule has 1 aliphatic rings. The molecule has 1 aliphatic heterocycles. The van der Waals surface area contributed by atoms with Crippen LogP contribution in [0.5, 0.6) is 0 Å². The predicted octanol–water partition coefficient (Wildman–Crippen LogP) is 3.65. The largest absolute Gasteiger partial charge is 0.490 e. The van der Waals surface area contributed by atoms with Gasteiger partial charge in [0.15, 0.2) is 5.82 Å². The fourth-order valence-corrected chi connectivity index (χ4v) is 4.90. The van der Waals surface area contributed by atoms with Crippen molar-refractivity contribution < 1.29 is 40.3 Å². The molecule has 38 heavy (non-hydrogen) atoms. The zero-order chi connectivity index (χ0) is 28.4. The van der Waals surface area contributed by atoms with E-state index in [1.54, 1.807) is 26.1 Å². The lowest BCUT2D eigenvalue weighted by Gasteiger charge is -2.19. The molecule has 0 aliphatic carbocycles. The second-order valence-electron chi connectivity index (χ2n) is 8.22. The molecule has 1 saturated heterocycles. The number of carboxylic acid groups (broad SMARTS) is 1. The molecule has 16 heteroatoms. The highest BCUT2D eigenvalue weighted by atomic mass is 32.2. The third-order valence-electron chi connectivity index (χ3n) is 5.58. The van der Waals surface area contributed by atoms with Gasteiger partial charge in [-0.2, -0.15) is 25.9 Å². The average Bonchev–Trinajstić information content (AvgIpc) is 3.38. The number of alkyl halides is 3. The third kappa shape index (κ3) is 6.19. The quantitative estimate of drug-likeness (QED) is 0.404. The van der Waals surface area contributed by atoms with Crippen LogP contribution in [0.4, 0.5) is 39.0 Å². The predicted molar refractivity (Wildman–Crippen MR) is 128 cm³/mol. The number of hydrogen-bond donors (Lipinski definition) is 3. The van der Waals surface area contributed by atoms with Gasteiger partial charge in [0.05, 0.1) is 22.9 Å². The van der Waals surface area contributed by atoms with Crippen molar-refractivity contribution >= 4 is 44.1 Å². The van der Waals surface area contributed by atoms with E-state index < -0.39 is 39.7 Å². The van der Waals surface area contributed by atoms with Gasteiger partial charge in [0.2, 0.25) is 0 Å². The Morgan fingerprint density at radius 1 is 1.08 bits per heavy atom. The number of nitrogens with one attached hydrogen (secondary N) is 2. The molecule has 206 valence electrons. The summed E-state index contributed by atoms with van der Waals surface area (Å²) in [5.41, 5.74) is 0.0399. The molecule has 0 atom stereocenters. The Balaban J connectivity index is 0.000000505. The van der Waals surface area contributed by atoms with Crippen LogP contribution in [0.1, 0.15) is 18.4 Å². The number of halogens is 5. The molecule has 0 amide bonds. The minimum atomic E-state index is -5.08. The normalized spacial score (nSPS) is 14.2. The smallest absolute Gasteiger partial charge is 0.475 e. The zero-order valence-electron chi connectivity index (χ0n) is 19.9. The molecule has 2 heterocycles. The highest BCUT2D eigenvalue weighted by molar-refractivity contribution is 7.90. The van der Waals surface area contributed by atoms with Gasteiger partial charge >= 0.3 is 22.4 Å². The summed E-state index contributed by atoms with van der Waals surface area (Å²) in [5.74, 6) is -4.74. The fraction of sp³-hybridized carbons (Fsp3) is 0.318. The zero-order valence-corrected chi connectivity index (χ0v) is 20.8. The first kappa shape index (κ1) is 28.8. The number of carboxylic acids is 1. The average molecular weight is 564 g/mol. The van der Waals surface area contributed by atoms with Gasteiger partial charge in [0, 0.05) is 25.8 Å². The van der Waals surface area contributed by atoms with E-state index in [9.17, 15) is 30.8 Å². The molecular weight excluding hydrogens is 541 g/mol. The number of fused-ring (bicyclic) bond motifs is 1. The second kappa shape index (κ2) is 10.9. The number of benzene rings is 2. The monoisotopic (exact) mass is 563 g/mol. The van der Waals surface area contributed by atoms with Crippen molar-refractivity contribution in [1.29, 1.82) is 0 Å². The third-order valence-corrected chi connectivity index (χ3v) is 7.11. The molecular formula is C22H22F5N5O5S. The second-order valence-corrected chi connectivity index (χ2v) is 9.89. The molecule has 3 N–H and O–H groups in total. The molecule has 0 bridgehead atoms. The van der Waals surface area contributed by atoms with Crippen LogP contribution in [0.25, 0.3) is 10.9 Å². The Morgan fingerprint density at radius 2 is 1.66 bits per heavy atom. The van der Waals surface area contributed by atoms with Crippen LogP contribution in [-0.4, -0.2) is 52.6 Å². The SMILES string of the molecule is Cc1c(Nc2c(F)ccc(NS(=O)(=O)N3CCCC3)c2F)ccc2ncn(C)c(=O)c12.O=C(O)C(F)(F)F. The van der Waals surface area contributed by atoms with Crippen molar-refractivity contribution in [2.75, 3.05) is 23.1 Å². The van der Waals surface area contributed by atoms with E-state index in [2.05, 4.69) is 15.0 Å². The molecule has 1 aromatic heterocycles. The van der Waals surface area contributed by atoms with Gasteiger partial charge in [-0.3, -0.25) is 9.52 Å². The maximum atomic E-state index is 15.1. The number of anilines is 3. The van der Waals surface area contributed by atoms with E-state index in [1.807, 2.05) is 0 Å². The summed E-state index contributed by atoms with van der Waals surface area (Å²) < 4.78 is 91.0. The van der Waals surface area contributed by atoms with Gasteiger partial charge in [0.1, 0.15) is 11.5 Å². The van der Waals surface area contributed by atoms with E-state index >= 15 is 4.39 Å². The molecule has 0 unspecified atom stereocenters. The van der Waals surface area contributed by atoms with Gasteiger partial charge in [-0.15, -0.1) is 0 Å². The summed E-state index contributed by atoms with van der Waals surface area (Å²) in [6.45, 7) is 2.34. The summed E-state index contributed by atoms with van der Waals surface area (Å²) in [6, 6.07) is 5.15. The lowest BCUT2D eigenvalue weighted by atomic mass is 10.1. The topological polar surface area (TPSA) is 134 Å². The van der Waals surface area contributed by atoms with Crippen molar-refractivity contribution in [3.8, 4) is 0 Å². The molecule has 10 nitrogen and oxygen atoms in total. The van der Waals surface area contributed by atoms with E-state index in [0.29, 0.717) is 35.2 Å². The van der Waals surface area contributed by atoms with Crippen LogP contribution in [0.3, 0.4) is 0 Å². The van der Waals surface area contributed by atoms with Crippen LogP contribution in [0, 0.1) is 18.6 Å². The number of rotatable bonds is 5. The minimum absolute atomic E-state index is 0.292. The lowest BCUT2D eigenvalue weighted by molar-refractivity contribution is -0.192. The molecule has 0 spiro atoms. The number of carbonyl (C=O) groups is 1. The number of nitrogens with zero attached hydrogens (tertiary/aromatic N) is 3. The van der Waals surface area contributed by atoms with E-state index in [1.165, 1.54) is 15.2 Å². The summed E-state index contributed by atoms with van der Waals surface area (Å²) in [5, 5.41) is 10.1. The molecule has 2 aromatic carbocycles. The van der Waals surface area contributed by atoms with Crippen LogP contribution in [-0.2, 0) is 22.1 Å². The maximum Gasteiger partial charge on any atom is 0.490 e. The van der Waals surface area contributed by atoms with Crippen molar-refractivity contribution in [2.24, 2.45) is 7.05 Å². The van der Waals surface area contributed by atoms with E-state index in [4.69, 9.17) is 9.90 Å². The summed E-state index contributed by atoms with van der Waals surface area (Å²) in [7, 11) is -2.39. The van der Waals surface area contributed by atoms with Gasteiger partial charge in [0.25, 0.3) is 5.56 Å². The standard InChI is InChI=1S/C20H21F2N5O3S.C2HF3O2/c1-12-14(7-8-15-17(12)20(28)26(2)11-23-15)24-19-13(21)5-6-16(18(19)22)25-31(29,30)27-9-3-4-10-27;3-2(4,5)1(6)7/h5-8,11,24-25H,3-4,9-10H2,1-2H3;(H,6,7). The summed E-state index contributed by atoms with van der Waals surface area (Å²) in [4.78, 5) is 25.6. The van der Waals surface area contributed by atoms with Crippen LogP contribution in [0.15, 0.2) is 35.4 Å². The Morgan fingerprint density at radius 3 is 2.24 bits per heavy atom. The van der Waals surface area contributed by atoms with Gasteiger partial charge in [-0.1, -0.05) is 0 Å². The first-order chi connectivity index (χ1) is 17.6. The van der Waals surface area contributed by atoms with Crippen molar-refractivity contribution in [3.05, 3.63) is 58.1 Å². The van der Waals surface area contributed by atoms with Crippen LogP contribution < -0.4 is 15.6 Å². The molecule has 1 fully saturated rings. The Labute approximate surface area is 212 Å². The van der Waals surface area contributed by atoms with Crippen molar-refractivity contribution in [2.45, 2.75) is 25.9 Å². The minimum Gasteiger partial charge on any atom is -0.475 e. The molecule has 3 aromatic rings. The van der Waals surface area contributed by atoms with Crippen molar-refractivity contribution in [1.82, 2.24) is 13.9 Å².